The lowest BCUT2D eigenvalue weighted by molar-refractivity contribution is 0.602. The molecule has 1 heterocycles. The molecule has 3 nitrogen and oxygen atoms in total. The Balaban J connectivity index is 1.98. The van der Waals surface area contributed by atoms with E-state index in [4.69, 9.17) is 5.73 Å². The van der Waals surface area contributed by atoms with E-state index in [2.05, 4.69) is 17.2 Å². The van der Waals surface area contributed by atoms with Crippen LogP contribution in [-0.4, -0.2) is 11.0 Å². The fourth-order valence-corrected chi connectivity index (χ4v) is 2.23. The van der Waals surface area contributed by atoms with Crippen LogP contribution in [0.15, 0.2) is 18.3 Å². The maximum absolute atomic E-state index is 5.59. The van der Waals surface area contributed by atoms with Crippen LogP contribution < -0.4 is 11.1 Å². The van der Waals surface area contributed by atoms with Crippen molar-refractivity contribution >= 4 is 5.82 Å². The van der Waals surface area contributed by atoms with E-state index in [0.717, 1.165) is 17.3 Å². The van der Waals surface area contributed by atoms with Gasteiger partial charge in [0.2, 0.25) is 0 Å². The number of pyridine rings is 1. The fraction of sp³-hybridized carbons (Fsp3) is 0.583. The molecule has 3 heteroatoms. The lowest BCUT2D eigenvalue weighted by Gasteiger charge is -2.13. The summed E-state index contributed by atoms with van der Waals surface area (Å²) in [5.74, 6) is 1.82. The highest BCUT2D eigenvalue weighted by Crippen LogP contribution is 2.26. The highest BCUT2D eigenvalue weighted by atomic mass is 15.0. The predicted molar refractivity (Wildman–Crippen MR) is 62.6 cm³/mol. The standard InChI is InChI=1S/C12H19N3/c1-9-2-3-11(6-9)15-12-7-10(8-13)4-5-14-12/h4-5,7,9,11H,2-3,6,8,13H2,1H3,(H,14,15). The molecule has 15 heavy (non-hydrogen) atoms. The van der Waals surface area contributed by atoms with Gasteiger partial charge in [0.1, 0.15) is 5.82 Å². The molecule has 1 aliphatic carbocycles. The topological polar surface area (TPSA) is 50.9 Å². The van der Waals surface area contributed by atoms with Gasteiger partial charge in [-0.2, -0.15) is 0 Å². The Kier molecular flexibility index (Phi) is 3.21. The van der Waals surface area contributed by atoms with Crippen LogP contribution in [0.5, 0.6) is 0 Å². The maximum atomic E-state index is 5.59. The van der Waals surface area contributed by atoms with Gasteiger partial charge in [-0.05, 0) is 42.9 Å². The van der Waals surface area contributed by atoms with Crippen molar-refractivity contribution in [3.05, 3.63) is 23.9 Å². The molecule has 2 rings (SSSR count). The number of rotatable bonds is 3. The molecule has 82 valence electrons. The summed E-state index contributed by atoms with van der Waals surface area (Å²) in [6.07, 6.45) is 5.67. The first kappa shape index (κ1) is 10.4. The van der Waals surface area contributed by atoms with E-state index in [9.17, 15) is 0 Å². The van der Waals surface area contributed by atoms with Crippen LogP contribution in [0.25, 0.3) is 0 Å². The summed E-state index contributed by atoms with van der Waals surface area (Å²) in [4.78, 5) is 4.31. The summed E-state index contributed by atoms with van der Waals surface area (Å²) >= 11 is 0. The van der Waals surface area contributed by atoms with Gasteiger partial charge in [-0.25, -0.2) is 4.98 Å². The molecular formula is C12H19N3. The number of aromatic nitrogens is 1. The highest BCUT2D eigenvalue weighted by Gasteiger charge is 2.21. The van der Waals surface area contributed by atoms with E-state index in [-0.39, 0.29) is 0 Å². The minimum Gasteiger partial charge on any atom is -0.367 e. The lowest BCUT2D eigenvalue weighted by atomic mass is 10.1. The Morgan fingerprint density at radius 2 is 2.40 bits per heavy atom. The van der Waals surface area contributed by atoms with Gasteiger partial charge < -0.3 is 11.1 Å². The molecule has 0 aliphatic heterocycles. The first-order valence-electron chi connectivity index (χ1n) is 5.69. The minimum absolute atomic E-state index is 0.582. The predicted octanol–water partition coefficient (Wildman–Crippen LogP) is 2.14. The zero-order valence-corrected chi connectivity index (χ0v) is 9.24. The van der Waals surface area contributed by atoms with E-state index in [1.54, 1.807) is 0 Å². The summed E-state index contributed by atoms with van der Waals surface area (Å²) in [6, 6.07) is 4.60. The molecule has 0 saturated heterocycles. The van der Waals surface area contributed by atoms with Gasteiger partial charge >= 0.3 is 0 Å². The van der Waals surface area contributed by atoms with E-state index >= 15 is 0 Å². The number of nitrogens with two attached hydrogens (primary N) is 1. The Morgan fingerprint density at radius 1 is 1.53 bits per heavy atom. The quantitative estimate of drug-likeness (QED) is 0.795. The Bertz CT molecular complexity index is 324. The van der Waals surface area contributed by atoms with Gasteiger partial charge in [-0.15, -0.1) is 0 Å². The molecule has 0 aromatic carbocycles. The molecule has 1 saturated carbocycles. The van der Waals surface area contributed by atoms with E-state index in [0.29, 0.717) is 12.6 Å². The molecule has 2 unspecified atom stereocenters. The second-order valence-corrected chi connectivity index (χ2v) is 4.51. The van der Waals surface area contributed by atoms with Crippen molar-refractivity contribution in [2.45, 2.75) is 38.8 Å². The van der Waals surface area contributed by atoms with Crippen molar-refractivity contribution < 1.29 is 0 Å². The number of anilines is 1. The third kappa shape index (κ3) is 2.69. The molecule has 1 aliphatic rings. The van der Waals surface area contributed by atoms with E-state index < -0.39 is 0 Å². The third-order valence-corrected chi connectivity index (χ3v) is 3.11. The SMILES string of the molecule is CC1CCC(Nc2cc(CN)ccn2)C1. The first-order chi connectivity index (χ1) is 7.28. The van der Waals surface area contributed by atoms with E-state index in [1.807, 2.05) is 18.3 Å². The van der Waals surface area contributed by atoms with Crippen molar-refractivity contribution in [1.29, 1.82) is 0 Å². The van der Waals surface area contributed by atoms with Crippen LogP contribution in [0.1, 0.15) is 31.7 Å². The molecule has 1 fully saturated rings. The summed E-state index contributed by atoms with van der Waals surface area (Å²) in [6.45, 7) is 2.89. The van der Waals surface area contributed by atoms with Crippen LogP contribution in [0.4, 0.5) is 5.82 Å². The highest BCUT2D eigenvalue weighted by molar-refractivity contribution is 5.38. The Labute approximate surface area is 91.1 Å². The number of nitrogens with one attached hydrogen (secondary N) is 1. The van der Waals surface area contributed by atoms with Gasteiger partial charge in [0.15, 0.2) is 0 Å². The number of hydrogen-bond donors (Lipinski definition) is 2. The molecule has 1 aromatic rings. The van der Waals surface area contributed by atoms with Crippen molar-refractivity contribution in [1.82, 2.24) is 4.98 Å². The van der Waals surface area contributed by atoms with Gasteiger partial charge in [0.25, 0.3) is 0 Å². The van der Waals surface area contributed by atoms with Gasteiger partial charge in [0.05, 0.1) is 0 Å². The monoisotopic (exact) mass is 205 g/mol. The molecule has 0 spiro atoms. The van der Waals surface area contributed by atoms with Crippen LogP contribution in [0.2, 0.25) is 0 Å². The molecule has 0 bridgehead atoms. The molecule has 1 aromatic heterocycles. The minimum atomic E-state index is 0.582. The zero-order chi connectivity index (χ0) is 10.7. The molecular weight excluding hydrogens is 186 g/mol. The average molecular weight is 205 g/mol. The van der Waals surface area contributed by atoms with E-state index in [1.165, 1.54) is 19.3 Å². The van der Waals surface area contributed by atoms with Crippen LogP contribution >= 0.6 is 0 Å². The van der Waals surface area contributed by atoms with Crippen LogP contribution in [0, 0.1) is 5.92 Å². The summed E-state index contributed by atoms with van der Waals surface area (Å²) < 4.78 is 0. The first-order valence-corrected chi connectivity index (χ1v) is 5.69. The maximum Gasteiger partial charge on any atom is 0.126 e. The van der Waals surface area contributed by atoms with Crippen molar-refractivity contribution in [2.24, 2.45) is 11.7 Å². The average Bonchev–Trinajstić information content (AvgIpc) is 2.64. The second-order valence-electron chi connectivity index (χ2n) is 4.51. The van der Waals surface area contributed by atoms with Gasteiger partial charge in [0, 0.05) is 18.8 Å². The normalized spacial score (nSPS) is 25.5. The van der Waals surface area contributed by atoms with Crippen LogP contribution in [-0.2, 0) is 6.54 Å². The molecule has 2 atom stereocenters. The Hall–Kier alpha value is -1.09. The fourth-order valence-electron chi connectivity index (χ4n) is 2.23. The summed E-state index contributed by atoms with van der Waals surface area (Å²) in [5.41, 5.74) is 6.73. The van der Waals surface area contributed by atoms with Crippen molar-refractivity contribution in [3.63, 3.8) is 0 Å². The second kappa shape index (κ2) is 4.62. The molecule has 0 radical (unpaired) electrons. The number of nitrogens with zero attached hydrogens (tertiary/aromatic N) is 1. The van der Waals surface area contributed by atoms with Gasteiger partial charge in [-0.1, -0.05) is 6.92 Å². The van der Waals surface area contributed by atoms with Crippen molar-refractivity contribution in [2.75, 3.05) is 5.32 Å². The van der Waals surface area contributed by atoms with Gasteiger partial charge in [-0.3, -0.25) is 0 Å². The summed E-state index contributed by atoms with van der Waals surface area (Å²) in [7, 11) is 0. The molecule has 0 amide bonds. The van der Waals surface area contributed by atoms with Crippen LogP contribution in [0.3, 0.4) is 0 Å². The molecule has 3 N–H and O–H groups in total. The smallest absolute Gasteiger partial charge is 0.126 e. The zero-order valence-electron chi connectivity index (χ0n) is 9.24. The largest absolute Gasteiger partial charge is 0.367 e. The van der Waals surface area contributed by atoms with Crippen molar-refractivity contribution in [3.8, 4) is 0 Å². The lowest BCUT2D eigenvalue weighted by Crippen LogP contribution is -2.16. The number of hydrogen-bond acceptors (Lipinski definition) is 3. The summed E-state index contributed by atoms with van der Waals surface area (Å²) in [5, 5.41) is 3.48. The third-order valence-electron chi connectivity index (χ3n) is 3.11. The Morgan fingerprint density at radius 3 is 3.07 bits per heavy atom.